The highest BCUT2D eigenvalue weighted by molar-refractivity contribution is 5.94. The van der Waals surface area contributed by atoms with Gasteiger partial charge in [0.15, 0.2) is 5.82 Å². The molecule has 8 nitrogen and oxygen atoms in total. The van der Waals surface area contributed by atoms with E-state index in [1.54, 1.807) is 25.4 Å². The molecule has 1 unspecified atom stereocenters. The van der Waals surface area contributed by atoms with E-state index in [2.05, 4.69) is 15.1 Å². The maximum Gasteiger partial charge on any atom is 0.256 e. The monoisotopic (exact) mass is 414 g/mol. The van der Waals surface area contributed by atoms with Gasteiger partial charge in [-0.2, -0.15) is 4.98 Å². The molecule has 2 aromatic rings. The van der Waals surface area contributed by atoms with E-state index in [1.807, 2.05) is 4.90 Å². The summed E-state index contributed by atoms with van der Waals surface area (Å²) < 4.78 is 16.4. The number of carbonyl (C=O) groups excluding carboxylic acids is 1. The topological polar surface area (TPSA) is 90.6 Å². The first-order chi connectivity index (χ1) is 14.7. The molecule has 30 heavy (non-hydrogen) atoms. The molecule has 162 valence electrons. The Hall–Kier alpha value is -2.48. The number of pyridine rings is 1. The van der Waals surface area contributed by atoms with Gasteiger partial charge in [0, 0.05) is 31.8 Å². The molecular weight excluding hydrogens is 384 g/mol. The fourth-order valence-corrected chi connectivity index (χ4v) is 4.32. The predicted octanol–water partition coefficient (Wildman–Crippen LogP) is 3.59. The molecule has 1 atom stereocenters. The normalized spacial score (nSPS) is 19.9. The van der Waals surface area contributed by atoms with Crippen LogP contribution in [-0.4, -0.2) is 52.8 Å². The molecule has 1 saturated carbocycles. The Kier molecular flexibility index (Phi) is 6.94. The summed E-state index contributed by atoms with van der Waals surface area (Å²) in [6, 6.07) is 3.23. The van der Waals surface area contributed by atoms with E-state index in [-0.39, 0.29) is 11.9 Å². The number of methoxy groups -OCH3 is 1. The number of amides is 1. The second kappa shape index (κ2) is 10.0. The highest BCUT2D eigenvalue weighted by Crippen LogP contribution is 2.31. The maximum absolute atomic E-state index is 13.1. The smallest absolute Gasteiger partial charge is 0.256 e. The van der Waals surface area contributed by atoms with Crippen molar-refractivity contribution in [3.8, 4) is 5.88 Å². The average molecular weight is 415 g/mol. The van der Waals surface area contributed by atoms with E-state index in [9.17, 15) is 4.79 Å². The average Bonchev–Trinajstić information content (AvgIpc) is 3.48. The van der Waals surface area contributed by atoms with Crippen LogP contribution in [0.1, 0.15) is 73.1 Å². The van der Waals surface area contributed by atoms with Gasteiger partial charge in [0.1, 0.15) is 6.04 Å². The quantitative estimate of drug-likeness (QED) is 0.610. The number of hydrogen-bond acceptors (Lipinski definition) is 7. The van der Waals surface area contributed by atoms with Crippen LogP contribution in [0.4, 0.5) is 0 Å². The standard InChI is InChI=1S/C22H30N4O4/c1-28-20-10-9-17(14-23-20)22(27)26-12-5-4-8-18(26)21-24-19(25-30-21)11-13-29-15-16-6-2-3-7-16/h9-10,14,16,18H,2-8,11-13,15H2,1H3. The van der Waals surface area contributed by atoms with Crippen LogP contribution in [-0.2, 0) is 11.2 Å². The number of nitrogens with zero attached hydrogens (tertiary/aromatic N) is 4. The lowest BCUT2D eigenvalue weighted by Crippen LogP contribution is -2.38. The summed E-state index contributed by atoms with van der Waals surface area (Å²) in [5.41, 5.74) is 0.530. The minimum Gasteiger partial charge on any atom is -0.481 e. The van der Waals surface area contributed by atoms with Crippen LogP contribution in [0.2, 0.25) is 0 Å². The van der Waals surface area contributed by atoms with Crippen molar-refractivity contribution in [2.75, 3.05) is 26.9 Å². The summed E-state index contributed by atoms with van der Waals surface area (Å²) in [7, 11) is 1.55. The highest BCUT2D eigenvalue weighted by Gasteiger charge is 2.32. The number of piperidine rings is 1. The van der Waals surface area contributed by atoms with Crippen molar-refractivity contribution in [2.24, 2.45) is 5.92 Å². The highest BCUT2D eigenvalue weighted by atomic mass is 16.5. The van der Waals surface area contributed by atoms with Gasteiger partial charge in [0.25, 0.3) is 5.91 Å². The maximum atomic E-state index is 13.1. The fourth-order valence-electron chi connectivity index (χ4n) is 4.32. The minimum atomic E-state index is -0.200. The number of ether oxygens (including phenoxy) is 2. The molecule has 4 rings (SSSR count). The summed E-state index contributed by atoms with van der Waals surface area (Å²) >= 11 is 0. The van der Waals surface area contributed by atoms with Crippen molar-refractivity contribution in [1.29, 1.82) is 0 Å². The molecule has 1 aliphatic heterocycles. The molecule has 2 aromatic heterocycles. The number of likely N-dealkylation sites (tertiary alicyclic amines) is 1. The Balaban J connectivity index is 1.35. The van der Waals surface area contributed by atoms with Crippen molar-refractivity contribution >= 4 is 5.91 Å². The summed E-state index contributed by atoms with van der Waals surface area (Å²) in [5, 5.41) is 4.12. The Morgan fingerprint density at radius 2 is 2.03 bits per heavy atom. The van der Waals surface area contributed by atoms with Gasteiger partial charge in [-0.05, 0) is 44.1 Å². The minimum absolute atomic E-state index is 0.0745. The van der Waals surface area contributed by atoms with E-state index in [4.69, 9.17) is 14.0 Å². The third kappa shape index (κ3) is 4.98. The number of rotatable bonds is 8. The molecule has 1 saturated heterocycles. The van der Waals surface area contributed by atoms with E-state index >= 15 is 0 Å². The molecule has 0 spiro atoms. The third-order valence-electron chi connectivity index (χ3n) is 6.02. The lowest BCUT2D eigenvalue weighted by atomic mass is 10.0. The van der Waals surface area contributed by atoms with Crippen LogP contribution in [0.15, 0.2) is 22.9 Å². The van der Waals surface area contributed by atoms with E-state index < -0.39 is 0 Å². The summed E-state index contributed by atoms with van der Waals surface area (Å²) in [6.07, 6.45) is 10.2. The van der Waals surface area contributed by atoms with Gasteiger partial charge in [-0.15, -0.1) is 0 Å². The van der Waals surface area contributed by atoms with Crippen LogP contribution in [0.3, 0.4) is 0 Å². The molecule has 0 radical (unpaired) electrons. The number of carbonyl (C=O) groups is 1. The molecule has 1 aliphatic carbocycles. The molecule has 0 bridgehead atoms. The van der Waals surface area contributed by atoms with E-state index in [1.165, 1.54) is 25.7 Å². The van der Waals surface area contributed by atoms with Crippen molar-refractivity contribution in [3.05, 3.63) is 35.6 Å². The summed E-state index contributed by atoms with van der Waals surface area (Å²) in [6.45, 7) is 2.09. The number of aromatic nitrogens is 3. The first-order valence-electron chi connectivity index (χ1n) is 11.0. The zero-order valence-electron chi connectivity index (χ0n) is 17.6. The van der Waals surface area contributed by atoms with Crippen LogP contribution in [0, 0.1) is 5.92 Å². The van der Waals surface area contributed by atoms with E-state index in [0.29, 0.717) is 48.6 Å². The zero-order chi connectivity index (χ0) is 20.8. The number of hydrogen-bond donors (Lipinski definition) is 0. The Morgan fingerprint density at radius 3 is 2.80 bits per heavy atom. The Morgan fingerprint density at radius 1 is 1.20 bits per heavy atom. The van der Waals surface area contributed by atoms with Gasteiger partial charge >= 0.3 is 0 Å². The SMILES string of the molecule is COc1ccc(C(=O)N2CCCCC2c2nc(CCOCC3CCCC3)no2)cn1. The summed E-state index contributed by atoms with van der Waals surface area (Å²) in [5.74, 6) is 2.27. The van der Waals surface area contributed by atoms with Crippen molar-refractivity contribution in [2.45, 2.75) is 57.4 Å². The largest absolute Gasteiger partial charge is 0.481 e. The molecule has 0 N–H and O–H groups in total. The van der Waals surface area contributed by atoms with Crippen LogP contribution in [0.5, 0.6) is 5.88 Å². The first kappa shape index (κ1) is 20.8. The summed E-state index contributed by atoms with van der Waals surface area (Å²) in [4.78, 5) is 23.6. The predicted molar refractivity (Wildman–Crippen MR) is 109 cm³/mol. The second-order valence-corrected chi connectivity index (χ2v) is 8.12. The van der Waals surface area contributed by atoms with Gasteiger partial charge in [-0.1, -0.05) is 18.0 Å². The molecule has 2 aliphatic rings. The van der Waals surface area contributed by atoms with Gasteiger partial charge < -0.3 is 18.9 Å². The lowest BCUT2D eigenvalue weighted by molar-refractivity contribution is 0.0561. The third-order valence-corrected chi connectivity index (χ3v) is 6.02. The lowest BCUT2D eigenvalue weighted by Gasteiger charge is -2.33. The van der Waals surface area contributed by atoms with Gasteiger partial charge in [-0.3, -0.25) is 4.79 Å². The van der Waals surface area contributed by atoms with Crippen molar-refractivity contribution in [3.63, 3.8) is 0 Å². The van der Waals surface area contributed by atoms with Crippen molar-refractivity contribution in [1.82, 2.24) is 20.0 Å². The molecule has 1 amide bonds. The first-order valence-corrected chi connectivity index (χ1v) is 11.0. The molecule has 3 heterocycles. The Labute approximate surface area is 177 Å². The van der Waals surface area contributed by atoms with E-state index in [0.717, 1.165) is 25.9 Å². The Bertz CT molecular complexity index is 817. The van der Waals surface area contributed by atoms with Crippen molar-refractivity contribution < 1.29 is 18.8 Å². The van der Waals surface area contributed by atoms with Gasteiger partial charge in [0.05, 0.1) is 19.3 Å². The van der Waals surface area contributed by atoms with Gasteiger partial charge in [0.2, 0.25) is 11.8 Å². The molecule has 0 aromatic carbocycles. The second-order valence-electron chi connectivity index (χ2n) is 8.12. The van der Waals surface area contributed by atoms with Crippen LogP contribution >= 0.6 is 0 Å². The molecule has 8 heteroatoms. The molecular formula is C22H30N4O4. The van der Waals surface area contributed by atoms with Crippen LogP contribution < -0.4 is 4.74 Å². The molecule has 2 fully saturated rings. The van der Waals surface area contributed by atoms with Crippen LogP contribution in [0.25, 0.3) is 0 Å². The van der Waals surface area contributed by atoms with Gasteiger partial charge in [-0.25, -0.2) is 4.98 Å². The fraction of sp³-hybridized carbons (Fsp3) is 0.636. The zero-order valence-corrected chi connectivity index (χ0v) is 17.6.